The van der Waals surface area contributed by atoms with Gasteiger partial charge in [0.05, 0.1) is 6.61 Å². The molecule has 2 rings (SSSR count). The molecule has 0 bridgehead atoms. The average molecular weight is 196 g/mol. The van der Waals surface area contributed by atoms with Gasteiger partial charge in [-0.25, -0.2) is 4.98 Å². The molecule has 1 unspecified atom stereocenters. The Kier molecular flexibility index (Phi) is 2.81. The second kappa shape index (κ2) is 4.08. The molecule has 1 aromatic rings. The van der Waals surface area contributed by atoms with E-state index in [1.54, 1.807) is 6.20 Å². The van der Waals surface area contributed by atoms with Gasteiger partial charge in [-0.05, 0) is 7.05 Å². The molecule has 1 aromatic heterocycles. The molecule has 1 fully saturated rings. The number of nitrogens with zero attached hydrogens (tertiary/aromatic N) is 2. The highest BCUT2D eigenvalue weighted by molar-refractivity contribution is 5.04. The Bertz CT molecular complexity index is 299. The van der Waals surface area contributed by atoms with Gasteiger partial charge in [0.15, 0.2) is 0 Å². The lowest BCUT2D eigenvalue weighted by atomic mass is 10.3. The van der Waals surface area contributed by atoms with Crippen molar-refractivity contribution in [3.05, 3.63) is 17.7 Å². The third-order valence-corrected chi connectivity index (χ3v) is 2.44. The number of likely N-dealkylation sites (N-methyl/N-ethyl adjacent to an activating group) is 1. The van der Waals surface area contributed by atoms with Gasteiger partial charge in [0.2, 0.25) is 0 Å². The van der Waals surface area contributed by atoms with E-state index in [0.29, 0.717) is 6.54 Å². The number of hydrogen-bond donors (Lipinski definition) is 2. The first kappa shape index (κ1) is 9.64. The molecular formula is C9H16N4O. The number of rotatable bonds is 2. The summed E-state index contributed by atoms with van der Waals surface area (Å²) in [5.41, 5.74) is 6.45. The van der Waals surface area contributed by atoms with E-state index in [4.69, 9.17) is 10.5 Å². The van der Waals surface area contributed by atoms with Gasteiger partial charge in [0.1, 0.15) is 11.9 Å². The van der Waals surface area contributed by atoms with Gasteiger partial charge in [-0.15, -0.1) is 0 Å². The lowest BCUT2D eigenvalue weighted by Gasteiger charge is -2.28. The number of aromatic nitrogens is 2. The van der Waals surface area contributed by atoms with Gasteiger partial charge in [-0.1, -0.05) is 0 Å². The van der Waals surface area contributed by atoms with Gasteiger partial charge >= 0.3 is 0 Å². The van der Waals surface area contributed by atoms with Crippen molar-refractivity contribution in [3.63, 3.8) is 0 Å². The van der Waals surface area contributed by atoms with E-state index in [9.17, 15) is 0 Å². The molecule has 0 aliphatic carbocycles. The molecule has 1 aliphatic heterocycles. The molecule has 78 valence electrons. The van der Waals surface area contributed by atoms with Crippen LogP contribution in [0.5, 0.6) is 0 Å². The third kappa shape index (κ3) is 1.95. The quantitative estimate of drug-likeness (QED) is 0.691. The number of H-pyrrole nitrogens is 1. The first-order chi connectivity index (χ1) is 6.79. The second-order valence-electron chi connectivity index (χ2n) is 3.62. The maximum absolute atomic E-state index is 5.62. The Labute approximate surface area is 83.3 Å². The van der Waals surface area contributed by atoms with Crippen LogP contribution < -0.4 is 5.73 Å². The number of imidazole rings is 1. The molecule has 3 N–H and O–H groups in total. The van der Waals surface area contributed by atoms with E-state index in [2.05, 4.69) is 21.9 Å². The fourth-order valence-corrected chi connectivity index (χ4v) is 1.59. The molecule has 0 amide bonds. The Balaban J connectivity index is 2.06. The van der Waals surface area contributed by atoms with Crippen molar-refractivity contribution in [2.45, 2.75) is 12.6 Å². The number of aromatic amines is 1. The van der Waals surface area contributed by atoms with Crippen molar-refractivity contribution in [2.24, 2.45) is 5.73 Å². The largest absolute Gasteiger partial charge is 0.368 e. The highest BCUT2D eigenvalue weighted by Gasteiger charge is 2.21. The minimum atomic E-state index is 0.0639. The van der Waals surface area contributed by atoms with Crippen LogP contribution in [-0.2, 0) is 11.3 Å². The number of ether oxygens (including phenoxy) is 1. The topological polar surface area (TPSA) is 67.2 Å². The third-order valence-electron chi connectivity index (χ3n) is 2.44. The van der Waals surface area contributed by atoms with Crippen LogP contribution in [0.2, 0.25) is 0 Å². The zero-order chi connectivity index (χ0) is 9.97. The highest BCUT2D eigenvalue weighted by atomic mass is 16.5. The molecular weight excluding hydrogens is 180 g/mol. The molecule has 2 heterocycles. The summed E-state index contributed by atoms with van der Waals surface area (Å²) in [4.78, 5) is 9.66. The molecule has 0 saturated carbocycles. The van der Waals surface area contributed by atoms with Crippen molar-refractivity contribution in [3.8, 4) is 0 Å². The highest BCUT2D eigenvalue weighted by Crippen LogP contribution is 2.18. The van der Waals surface area contributed by atoms with Crippen LogP contribution in [0.3, 0.4) is 0 Å². The minimum Gasteiger partial charge on any atom is -0.368 e. The maximum atomic E-state index is 5.62. The lowest BCUT2D eigenvalue weighted by molar-refractivity contribution is -0.0251. The summed E-state index contributed by atoms with van der Waals surface area (Å²) in [6.07, 6.45) is 1.84. The second-order valence-corrected chi connectivity index (χ2v) is 3.62. The molecule has 5 nitrogen and oxygen atoms in total. The Morgan fingerprint density at radius 1 is 1.79 bits per heavy atom. The van der Waals surface area contributed by atoms with Crippen molar-refractivity contribution in [1.82, 2.24) is 14.9 Å². The summed E-state index contributed by atoms with van der Waals surface area (Å²) < 4.78 is 5.62. The van der Waals surface area contributed by atoms with Crippen molar-refractivity contribution in [1.29, 1.82) is 0 Å². The monoisotopic (exact) mass is 196 g/mol. The Hall–Kier alpha value is -0.910. The van der Waals surface area contributed by atoms with Gasteiger partial charge in [0, 0.05) is 31.5 Å². The van der Waals surface area contributed by atoms with E-state index < -0.39 is 0 Å². The molecule has 5 heteroatoms. The maximum Gasteiger partial charge on any atom is 0.136 e. The Morgan fingerprint density at radius 3 is 3.29 bits per heavy atom. The van der Waals surface area contributed by atoms with Crippen molar-refractivity contribution < 1.29 is 4.74 Å². The van der Waals surface area contributed by atoms with Crippen molar-refractivity contribution in [2.75, 3.05) is 26.7 Å². The average Bonchev–Trinajstić information content (AvgIpc) is 2.66. The summed E-state index contributed by atoms with van der Waals surface area (Å²) >= 11 is 0. The number of morpholine rings is 1. The summed E-state index contributed by atoms with van der Waals surface area (Å²) in [7, 11) is 2.09. The first-order valence-corrected chi connectivity index (χ1v) is 4.83. The molecule has 0 aromatic carbocycles. The van der Waals surface area contributed by atoms with Crippen LogP contribution >= 0.6 is 0 Å². The molecule has 0 radical (unpaired) electrons. The van der Waals surface area contributed by atoms with Crippen LogP contribution in [0.25, 0.3) is 0 Å². The number of nitrogens with two attached hydrogens (primary N) is 1. The predicted octanol–water partition coefficient (Wildman–Crippen LogP) is -0.128. The van der Waals surface area contributed by atoms with Gasteiger partial charge in [0.25, 0.3) is 0 Å². The standard InChI is InChI=1S/C9H16N4O/c1-13-2-3-14-8(6-13)9-11-5-7(4-10)12-9/h5,8H,2-4,6,10H2,1H3,(H,11,12). The number of hydrogen-bond acceptors (Lipinski definition) is 4. The summed E-state index contributed by atoms with van der Waals surface area (Å²) in [6.45, 7) is 3.13. The first-order valence-electron chi connectivity index (χ1n) is 4.83. The van der Waals surface area contributed by atoms with E-state index in [1.165, 1.54) is 0 Å². The molecule has 1 atom stereocenters. The van der Waals surface area contributed by atoms with Gasteiger partial charge in [-0.3, -0.25) is 0 Å². The summed E-state index contributed by atoms with van der Waals surface area (Å²) in [5.74, 6) is 0.886. The minimum absolute atomic E-state index is 0.0639. The van der Waals surface area contributed by atoms with E-state index in [-0.39, 0.29) is 6.10 Å². The molecule has 0 spiro atoms. The van der Waals surface area contributed by atoms with Crippen LogP contribution in [0.15, 0.2) is 6.20 Å². The number of nitrogens with one attached hydrogen (secondary N) is 1. The molecule has 14 heavy (non-hydrogen) atoms. The molecule has 1 aliphatic rings. The fraction of sp³-hybridized carbons (Fsp3) is 0.667. The zero-order valence-electron chi connectivity index (χ0n) is 8.36. The summed E-state index contributed by atoms with van der Waals surface area (Å²) in [6, 6.07) is 0. The van der Waals surface area contributed by atoms with Crippen LogP contribution in [-0.4, -0.2) is 41.6 Å². The smallest absolute Gasteiger partial charge is 0.136 e. The van der Waals surface area contributed by atoms with E-state index >= 15 is 0 Å². The van der Waals surface area contributed by atoms with Crippen LogP contribution in [0, 0.1) is 0 Å². The zero-order valence-corrected chi connectivity index (χ0v) is 8.36. The van der Waals surface area contributed by atoms with Crippen LogP contribution in [0.4, 0.5) is 0 Å². The normalized spacial score (nSPS) is 24.0. The van der Waals surface area contributed by atoms with Gasteiger partial charge in [-0.2, -0.15) is 0 Å². The van der Waals surface area contributed by atoms with E-state index in [0.717, 1.165) is 31.2 Å². The fourth-order valence-electron chi connectivity index (χ4n) is 1.59. The lowest BCUT2D eigenvalue weighted by Crippen LogP contribution is -2.35. The van der Waals surface area contributed by atoms with Crippen LogP contribution in [0.1, 0.15) is 17.6 Å². The van der Waals surface area contributed by atoms with Crippen molar-refractivity contribution >= 4 is 0 Å². The Morgan fingerprint density at radius 2 is 2.64 bits per heavy atom. The van der Waals surface area contributed by atoms with Gasteiger partial charge < -0.3 is 20.4 Å². The summed E-state index contributed by atoms with van der Waals surface area (Å²) in [5, 5.41) is 0. The van der Waals surface area contributed by atoms with E-state index in [1.807, 2.05) is 0 Å². The SMILES string of the molecule is CN1CCOC(c2ncc(CN)[nH]2)C1. The predicted molar refractivity (Wildman–Crippen MR) is 52.7 cm³/mol. The molecule has 1 saturated heterocycles.